The van der Waals surface area contributed by atoms with Gasteiger partial charge in [-0.2, -0.15) is 0 Å². The Bertz CT molecular complexity index is 471. The summed E-state index contributed by atoms with van der Waals surface area (Å²) in [5, 5.41) is 1.41. The van der Waals surface area contributed by atoms with Gasteiger partial charge in [0.15, 0.2) is 5.16 Å². The summed E-state index contributed by atoms with van der Waals surface area (Å²) in [7, 11) is 0. The summed E-state index contributed by atoms with van der Waals surface area (Å²) in [6, 6.07) is 0. The second-order valence-electron chi connectivity index (χ2n) is 3.16. The minimum atomic E-state index is 0.363. The van der Waals surface area contributed by atoms with E-state index in [1.165, 1.54) is 11.8 Å². The highest BCUT2D eigenvalue weighted by atomic mass is 32.2. The molecule has 2 heterocycles. The molecular formula is C10H11N5S. The number of rotatable bonds is 3. The number of hydrogen-bond acceptors (Lipinski definition) is 6. The first-order valence-corrected chi connectivity index (χ1v) is 5.57. The molecule has 2 N–H and O–H groups in total. The number of aromatic nitrogens is 4. The Labute approximate surface area is 97.6 Å². The monoisotopic (exact) mass is 233 g/mol. The van der Waals surface area contributed by atoms with Gasteiger partial charge in [0.25, 0.3) is 0 Å². The van der Waals surface area contributed by atoms with Crippen molar-refractivity contribution < 1.29 is 0 Å². The van der Waals surface area contributed by atoms with Crippen molar-refractivity contribution in [3.8, 4) is 0 Å². The molecule has 0 bridgehead atoms. The third-order valence-corrected chi connectivity index (χ3v) is 2.80. The SMILES string of the molecule is Cc1cnc(Sc2nccnc2CN)nc1. The van der Waals surface area contributed by atoms with Crippen LogP contribution >= 0.6 is 11.8 Å². The van der Waals surface area contributed by atoms with Crippen molar-refractivity contribution in [1.82, 2.24) is 19.9 Å². The van der Waals surface area contributed by atoms with Crippen molar-refractivity contribution >= 4 is 11.8 Å². The van der Waals surface area contributed by atoms with Crippen molar-refractivity contribution in [2.45, 2.75) is 23.7 Å². The van der Waals surface area contributed by atoms with E-state index in [-0.39, 0.29) is 0 Å². The molecule has 0 atom stereocenters. The van der Waals surface area contributed by atoms with Gasteiger partial charge in [0.2, 0.25) is 0 Å². The Kier molecular flexibility index (Phi) is 3.43. The lowest BCUT2D eigenvalue weighted by atomic mass is 10.4. The molecular weight excluding hydrogens is 222 g/mol. The van der Waals surface area contributed by atoms with E-state index in [1.807, 2.05) is 6.92 Å². The average molecular weight is 233 g/mol. The van der Waals surface area contributed by atoms with Crippen LogP contribution in [0.3, 0.4) is 0 Å². The lowest BCUT2D eigenvalue weighted by molar-refractivity contribution is 0.876. The minimum Gasteiger partial charge on any atom is -0.325 e. The van der Waals surface area contributed by atoms with Crippen molar-refractivity contribution in [3.05, 3.63) is 36.0 Å². The molecule has 2 aromatic rings. The van der Waals surface area contributed by atoms with Gasteiger partial charge >= 0.3 is 0 Å². The molecule has 0 fully saturated rings. The van der Waals surface area contributed by atoms with E-state index in [2.05, 4.69) is 19.9 Å². The Morgan fingerprint density at radius 3 is 2.50 bits per heavy atom. The fraction of sp³-hybridized carbons (Fsp3) is 0.200. The highest BCUT2D eigenvalue weighted by Crippen LogP contribution is 2.23. The van der Waals surface area contributed by atoms with Gasteiger partial charge in [-0.1, -0.05) is 0 Å². The predicted molar refractivity (Wildman–Crippen MR) is 60.8 cm³/mol. The van der Waals surface area contributed by atoms with Gasteiger partial charge in [0.1, 0.15) is 5.03 Å². The Morgan fingerprint density at radius 2 is 1.81 bits per heavy atom. The molecule has 0 aliphatic rings. The number of nitrogens with two attached hydrogens (primary N) is 1. The maximum Gasteiger partial charge on any atom is 0.193 e. The van der Waals surface area contributed by atoms with Crippen LogP contribution in [0.15, 0.2) is 35.0 Å². The van der Waals surface area contributed by atoms with E-state index in [0.717, 1.165) is 16.3 Å². The third kappa shape index (κ3) is 2.53. The fourth-order valence-corrected chi connectivity index (χ4v) is 1.85. The van der Waals surface area contributed by atoms with Gasteiger partial charge in [0, 0.05) is 31.3 Å². The van der Waals surface area contributed by atoms with Gasteiger partial charge in [-0.05, 0) is 24.2 Å². The standard InChI is InChI=1S/C10H11N5S/c1-7-5-14-10(15-6-7)16-9-8(4-11)12-2-3-13-9/h2-3,5-6H,4,11H2,1H3. The lowest BCUT2D eigenvalue weighted by Crippen LogP contribution is -2.03. The summed E-state index contributed by atoms with van der Waals surface area (Å²) < 4.78 is 0. The summed E-state index contributed by atoms with van der Waals surface area (Å²) in [6.07, 6.45) is 6.81. The molecule has 6 heteroatoms. The van der Waals surface area contributed by atoms with Crippen LogP contribution in [0.1, 0.15) is 11.3 Å². The van der Waals surface area contributed by atoms with Gasteiger partial charge in [-0.3, -0.25) is 4.98 Å². The van der Waals surface area contributed by atoms with Crippen molar-refractivity contribution in [1.29, 1.82) is 0 Å². The van der Waals surface area contributed by atoms with Crippen LogP contribution in [-0.2, 0) is 6.54 Å². The van der Waals surface area contributed by atoms with E-state index >= 15 is 0 Å². The number of hydrogen-bond donors (Lipinski definition) is 1. The molecule has 16 heavy (non-hydrogen) atoms. The van der Waals surface area contributed by atoms with Crippen LogP contribution in [0.4, 0.5) is 0 Å². The van der Waals surface area contributed by atoms with E-state index in [0.29, 0.717) is 11.7 Å². The van der Waals surface area contributed by atoms with E-state index in [4.69, 9.17) is 5.73 Å². The van der Waals surface area contributed by atoms with Gasteiger partial charge in [0.05, 0.1) is 5.69 Å². The number of aryl methyl sites for hydroxylation is 1. The quantitative estimate of drug-likeness (QED) is 0.802. The zero-order valence-corrected chi connectivity index (χ0v) is 9.61. The van der Waals surface area contributed by atoms with Crippen molar-refractivity contribution in [2.75, 3.05) is 0 Å². The maximum atomic E-state index is 5.57. The molecule has 2 aromatic heterocycles. The van der Waals surface area contributed by atoms with Crippen molar-refractivity contribution in [3.63, 3.8) is 0 Å². The molecule has 0 spiro atoms. The number of nitrogens with zero attached hydrogens (tertiary/aromatic N) is 4. The Balaban J connectivity index is 2.23. The zero-order valence-electron chi connectivity index (χ0n) is 8.79. The molecule has 2 rings (SSSR count). The fourth-order valence-electron chi connectivity index (χ4n) is 1.10. The first-order chi connectivity index (χ1) is 7.79. The van der Waals surface area contributed by atoms with E-state index in [9.17, 15) is 0 Å². The lowest BCUT2D eigenvalue weighted by Gasteiger charge is -2.03. The minimum absolute atomic E-state index is 0.363. The van der Waals surface area contributed by atoms with Gasteiger partial charge in [-0.25, -0.2) is 15.0 Å². The molecule has 0 saturated carbocycles. The first-order valence-electron chi connectivity index (χ1n) is 4.76. The van der Waals surface area contributed by atoms with E-state index in [1.54, 1.807) is 24.8 Å². The van der Waals surface area contributed by atoms with Crippen molar-refractivity contribution in [2.24, 2.45) is 5.73 Å². The molecule has 0 unspecified atom stereocenters. The Morgan fingerprint density at radius 1 is 1.12 bits per heavy atom. The largest absolute Gasteiger partial charge is 0.325 e. The summed E-state index contributed by atoms with van der Waals surface area (Å²) in [6.45, 7) is 2.31. The first kappa shape index (κ1) is 11.0. The molecule has 0 aromatic carbocycles. The summed E-state index contributed by atoms with van der Waals surface area (Å²) >= 11 is 1.37. The molecule has 0 saturated heterocycles. The predicted octanol–water partition coefficient (Wildman–Crippen LogP) is 1.18. The van der Waals surface area contributed by atoms with Crippen LogP contribution in [-0.4, -0.2) is 19.9 Å². The van der Waals surface area contributed by atoms with Crippen LogP contribution in [0.5, 0.6) is 0 Å². The Hall–Kier alpha value is -1.53. The second-order valence-corrected chi connectivity index (χ2v) is 4.11. The molecule has 0 aliphatic carbocycles. The van der Waals surface area contributed by atoms with Crippen LogP contribution < -0.4 is 5.73 Å². The molecule has 0 radical (unpaired) electrons. The molecule has 0 amide bonds. The normalized spacial score (nSPS) is 10.4. The smallest absolute Gasteiger partial charge is 0.193 e. The topological polar surface area (TPSA) is 77.6 Å². The van der Waals surface area contributed by atoms with Gasteiger partial charge in [-0.15, -0.1) is 0 Å². The van der Waals surface area contributed by atoms with Crippen LogP contribution in [0, 0.1) is 6.92 Å². The maximum absolute atomic E-state index is 5.57. The second kappa shape index (κ2) is 5.00. The zero-order chi connectivity index (χ0) is 11.4. The van der Waals surface area contributed by atoms with Gasteiger partial charge < -0.3 is 5.73 Å². The summed E-state index contributed by atoms with van der Waals surface area (Å²) in [5.74, 6) is 0. The molecule has 0 aliphatic heterocycles. The molecule has 5 nitrogen and oxygen atoms in total. The van der Waals surface area contributed by atoms with E-state index < -0.39 is 0 Å². The average Bonchev–Trinajstić information content (AvgIpc) is 2.33. The highest BCUT2D eigenvalue weighted by Gasteiger charge is 2.07. The van der Waals surface area contributed by atoms with Crippen LogP contribution in [0.2, 0.25) is 0 Å². The summed E-state index contributed by atoms with van der Waals surface area (Å²) in [4.78, 5) is 16.7. The van der Waals surface area contributed by atoms with Crippen LogP contribution in [0.25, 0.3) is 0 Å². The highest BCUT2D eigenvalue weighted by molar-refractivity contribution is 7.99. The third-order valence-electron chi connectivity index (χ3n) is 1.87. The summed E-state index contributed by atoms with van der Waals surface area (Å²) in [5.41, 5.74) is 7.36. The molecule has 82 valence electrons.